The van der Waals surface area contributed by atoms with E-state index in [2.05, 4.69) is 21.9 Å². The van der Waals surface area contributed by atoms with Gasteiger partial charge in [-0.25, -0.2) is 4.98 Å². The minimum Gasteiger partial charge on any atom is -0.337 e. The Morgan fingerprint density at radius 3 is 2.94 bits per heavy atom. The van der Waals surface area contributed by atoms with Crippen molar-refractivity contribution < 1.29 is 0 Å². The smallest absolute Gasteiger partial charge is 0.137 e. The van der Waals surface area contributed by atoms with Crippen LogP contribution in [0.3, 0.4) is 0 Å². The summed E-state index contributed by atoms with van der Waals surface area (Å²) >= 11 is 6.01. The van der Waals surface area contributed by atoms with Crippen molar-refractivity contribution in [2.75, 3.05) is 5.32 Å². The van der Waals surface area contributed by atoms with Crippen LogP contribution in [0, 0.1) is 0 Å². The molecule has 2 rings (SSSR count). The van der Waals surface area contributed by atoms with Crippen LogP contribution in [-0.4, -0.2) is 9.97 Å². The number of nitrogens with one attached hydrogen (secondary N) is 1. The number of halogens is 1. The summed E-state index contributed by atoms with van der Waals surface area (Å²) in [6.45, 7) is 3.73. The topological polar surface area (TPSA) is 37.8 Å². The van der Waals surface area contributed by atoms with Gasteiger partial charge in [-0.1, -0.05) is 24.3 Å². The zero-order chi connectivity index (χ0) is 11.4. The summed E-state index contributed by atoms with van der Waals surface area (Å²) in [5.74, 6) is 0.715. The van der Waals surface area contributed by atoms with E-state index in [0.717, 1.165) is 11.3 Å². The molecule has 0 atom stereocenters. The van der Waals surface area contributed by atoms with Gasteiger partial charge in [0.25, 0.3) is 0 Å². The van der Waals surface area contributed by atoms with E-state index in [1.54, 1.807) is 30.7 Å². The van der Waals surface area contributed by atoms with Crippen molar-refractivity contribution in [3.05, 3.63) is 54.0 Å². The lowest BCUT2D eigenvalue weighted by Crippen LogP contribution is -1.96. The number of rotatable bonds is 3. The second-order valence-electron chi connectivity index (χ2n) is 3.13. The lowest BCUT2D eigenvalue weighted by Gasteiger charge is -2.08. The van der Waals surface area contributed by atoms with Crippen molar-refractivity contribution in [3.8, 4) is 0 Å². The first-order valence-corrected chi connectivity index (χ1v) is 5.13. The first kappa shape index (κ1) is 10.6. The van der Waals surface area contributed by atoms with E-state index in [1.165, 1.54) is 0 Å². The molecule has 0 saturated carbocycles. The van der Waals surface area contributed by atoms with Gasteiger partial charge in [0.05, 0.1) is 16.9 Å². The Bertz CT molecular complexity index is 511. The normalized spacial score (nSPS) is 9.81. The fourth-order valence-electron chi connectivity index (χ4n) is 1.28. The highest BCUT2D eigenvalue weighted by Gasteiger charge is 2.03. The van der Waals surface area contributed by atoms with Crippen LogP contribution in [0.25, 0.3) is 6.08 Å². The van der Waals surface area contributed by atoms with E-state index in [0.29, 0.717) is 10.8 Å². The van der Waals surface area contributed by atoms with E-state index in [9.17, 15) is 0 Å². The Hall–Kier alpha value is -1.87. The molecule has 0 spiro atoms. The Kier molecular flexibility index (Phi) is 3.17. The van der Waals surface area contributed by atoms with Crippen LogP contribution in [0.2, 0.25) is 5.02 Å². The monoisotopic (exact) mass is 231 g/mol. The van der Waals surface area contributed by atoms with Crippen molar-refractivity contribution >= 4 is 29.2 Å². The highest BCUT2D eigenvalue weighted by molar-refractivity contribution is 6.33. The third-order valence-corrected chi connectivity index (χ3v) is 2.41. The van der Waals surface area contributed by atoms with Crippen LogP contribution in [-0.2, 0) is 0 Å². The fraction of sp³-hybridized carbons (Fsp3) is 0. The highest BCUT2D eigenvalue weighted by atomic mass is 35.5. The first-order valence-electron chi connectivity index (χ1n) is 4.75. The molecule has 0 aliphatic heterocycles. The Morgan fingerprint density at radius 2 is 2.19 bits per heavy atom. The average Bonchev–Trinajstić information content (AvgIpc) is 2.33. The molecule has 2 aromatic heterocycles. The molecule has 0 aliphatic rings. The second-order valence-corrected chi connectivity index (χ2v) is 3.53. The summed E-state index contributed by atoms with van der Waals surface area (Å²) in [4.78, 5) is 8.21. The number of hydrogen-bond acceptors (Lipinski definition) is 3. The molecular formula is C12H10ClN3. The summed E-state index contributed by atoms with van der Waals surface area (Å²) in [5, 5.41) is 3.72. The largest absolute Gasteiger partial charge is 0.337 e. The van der Waals surface area contributed by atoms with Gasteiger partial charge in [0.15, 0.2) is 0 Å². The van der Waals surface area contributed by atoms with Gasteiger partial charge in [-0.05, 0) is 18.2 Å². The molecule has 2 aromatic rings. The molecule has 0 amide bonds. The van der Waals surface area contributed by atoms with Gasteiger partial charge in [0.2, 0.25) is 0 Å². The van der Waals surface area contributed by atoms with Gasteiger partial charge >= 0.3 is 0 Å². The summed E-state index contributed by atoms with van der Waals surface area (Å²) in [7, 11) is 0. The molecule has 1 N–H and O–H groups in total. The maximum absolute atomic E-state index is 6.01. The zero-order valence-electron chi connectivity index (χ0n) is 8.52. The van der Waals surface area contributed by atoms with Crippen molar-refractivity contribution in [2.24, 2.45) is 0 Å². The second kappa shape index (κ2) is 4.77. The quantitative estimate of drug-likeness (QED) is 0.878. The van der Waals surface area contributed by atoms with Crippen LogP contribution in [0.5, 0.6) is 0 Å². The van der Waals surface area contributed by atoms with Gasteiger partial charge in [0, 0.05) is 18.0 Å². The predicted octanol–water partition coefficient (Wildman–Crippen LogP) is 3.52. The standard InChI is InChI=1S/C12H10ClN3/c1-2-9-4-3-6-15-12(9)16-11-8-14-7-5-10(11)13/h2-8H,1H2,(H,15,16). The van der Waals surface area contributed by atoms with E-state index < -0.39 is 0 Å². The summed E-state index contributed by atoms with van der Waals surface area (Å²) < 4.78 is 0. The Morgan fingerprint density at radius 1 is 1.31 bits per heavy atom. The molecule has 0 unspecified atom stereocenters. The molecule has 2 heterocycles. The third kappa shape index (κ3) is 2.20. The number of pyridine rings is 2. The molecule has 0 saturated heterocycles. The minimum atomic E-state index is 0.607. The van der Waals surface area contributed by atoms with Gasteiger partial charge in [-0.3, -0.25) is 4.98 Å². The lowest BCUT2D eigenvalue weighted by molar-refractivity contribution is 1.27. The van der Waals surface area contributed by atoms with Crippen molar-refractivity contribution in [2.45, 2.75) is 0 Å². The molecule has 80 valence electrons. The van der Waals surface area contributed by atoms with Crippen LogP contribution in [0.1, 0.15) is 5.56 Å². The molecule has 4 heteroatoms. The molecule has 0 bridgehead atoms. The summed E-state index contributed by atoms with van der Waals surface area (Å²) in [6, 6.07) is 5.50. The molecule has 16 heavy (non-hydrogen) atoms. The number of anilines is 2. The summed E-state index contributed by atoms with van der Waals surface area (Å²) in [6.07, 6.45) is 6.74. The average molecular weight is 232 g/mol. The van der Waals surface area contributed by atoms with Gasteiger partial charge < -0.3 is 5.32 Å². The van der Waals surface area contributed by atoms with E-state index in [4.69, 9.17) is 11.6 Å². The minimum absolute atomic E-state index is 0.607. The van der Waals surface area contributed by atoms with Gasteiger partial charge in [-0.15, -0.1) is 0 Å². The molecular weight excluding hydrogens is 222 g/mol. The SMILES string of the molecule is C=Cc1cccnc1Nc1cnccc1Cl. The molecule has 0 radical (unpaired) electrons. The van der Waals surface area contributed by atoms with Crippen LogP contribution in [0.4, 0.5) is 11.5 Å². The third-order valence-electron chi connectivity index (χ3n) is 2.08. The summed E-state index contributed by atoms with van der Waals surface area (Å²) in [5.41, 5.74) is 1.65. The van der Waals surface area contributed by atoms with Crippen molar-refractivity contribution in [1.29, 1.82) is 0 Å². The predicted molar refractivity (Wildman–Crippen MR) is 66.9 cm³/mol. The molecule has 0 aromatic carbocycles. The highest BCUT2D eigenvalue weighted by Crippen LogP contribution is 2.24. The molecule has 0 aliphatic carbocycles. The number of aromatic nitrogens is 2. The maximum atomic E-state index is 6.01. The molecule has 3 nitrogen and oxygen atoms in total. The van der Waals surface area contributed by atoms with E-state index >= 15 is 0 Å². The van der Waals surface area contributed by atoms with E-state index in [1.807, 2.05) is 12.1 Å². The first-order chi connectivity index (χ1) is 7.81. The zero-order valence-corrected chi connectivity index (χ0v) is 9.28. The van der Waals surface area contributed by atoms with Gasteiger partial charge in [0.1, 0.15) is 5.82 Å². The van der Waals surface area contributed by atoms with Gasteiger partial charge in [-0.2, -0.15) is 0 Å². The van der Waals surface area contributed by atoms with Crippen molar-refractivity contribution in [3.63, 3.8) is 0 Å². The van der Waals surface area contributed by atoms with Crippen LogP contribution >= 0.6 is 11.6 Å². The van der Waals surface area contributed by atoms with E-state index in [-0.39, 0.29) is 0 Å². The Balaban J connectivity index is 2.34. The lowest BCUT2D eigenvalue weighted by atomic mass is 10.2. The Labute approximate surface area is 98.8 Å². The number of hydrogen-bond donors (Lipinski definition) is 1. The number of nitrogens with zero attached hydrogens (tertiary/aromatic N) is 2. The maximum Gasteiger partial charge on any atom is 0.137 e. The van der Waals surface area contributed by atoms with Crippen LogP contribution < -0.4 is 5.32 Å². The van der Waals surface area contributed by atoms with Crippen LogP contribution in [0.15, 0.2) is 43.4 Å². The molecule has 0 fully saturated rings. The van der Waals surface area contributed by atoms with Crippen molar-refractivity contribution in [1.82, 2.24) is 9.97 Å². The fourth-order valence-corrected chi connectivity index (χ4v) is 1.44.